The molecule has 0 aliphatic carbocycles. The number of hydrogen-bond acceptors (Lipinski definition) is 6. The van der Waals surface area contributed by atoms with Gasteiger partial charge in [0.05, 0.1) is 12.0 Å². The summed E-state index contributed by atoms with van der Waals surface area (Å²) in [6.07, 6.45) is 3.44. The molecular weight excluding hydrogens is 476 g/mol. The molecule has 1 aliphatic rings. The topological polar surface area (TPSA) is 147 Å². The smallest absolute Gasteiger partial charge is 0.322 e. The summed E-state index contributed by atoms with van der Waals surface area (Å²) in [5, 5.41) is 19.3. The molecule has 186 valence electrons. The number of nitrogens with zero attached hydrogens (tertiary/aromatic N) is 3. The number of amides is 3. The Bertz CT molecular complexity index is 1180. The first-order valence-corrected chi connectivity index (χ1v) is 12.4. The van der Waals surface area contributed by atoms with Gasteiger partial charge < -0.3 is 20.9 Å². The number of H-pyrrole nitrogens is 1. The number of hydrogen-bond donors (Lipinski definition) is 5. The van der Waals surface area contributed by atoms with Crippen LogP contribution in [0.15, 0.2) is 72.0 Å². The van der Waals surface area contributed by atoms with E-state index in [2.05, 4.69) is 36.2 Å². The lowest BCUT2D eigenvalue weighted by molar-refractivity contribution is -0.122. The molecule has 0 saturated carbocycles. The first kappa shape index (κ1) is 26.3. The van der Waals surface area contributed by atoms with Gasteiger partial charge >= 0.3 is 6.03 Å². The van der Waals surface area contributed by atoms with Crippen molar-refractivity contribution in [3.8, 4) is 6.19 Å². The first-order chi connectivity index (χ1) is 17.5. The Kier molecular flexibility index (Phi) is 9.48. The highest BCUT2D eigenvalue weighted by atomic mass is 32.2. The minimum Gasteiger partial charge on any atom is -0.359 e. The molecule has 2 aromatic carbocycles. The van der Waals surface area contributed by atoms with Gasteiger partial charge in [-0.3, -0.25) is 10.1 Å². The second-order valence-electron chi connectivity index (χ2n) is 7.65. The lowest BCUT2D eigenvalue weighted by Gasteiger charge is -2.27. The number of imidazole rings is 1. The van der Waals surface area contributed by atoms with Gasteiger partial charge in [-0.1, -0.05) is 60.7 Å². The maximum absolute atomic E-state index is 12.3. The van der Waals surface area contributed by atoms with Crippen molar-refractivity contribution in [2.75, 3.05) is 19.3 Å². The molecule has 36 heavy (non-hydrogen) atoms. The van der Waals surface area contributed by atoms with E-state index in [1.54, 1.807) is 31.3 Å². The largest absolute Gasteiger partial charge is 0.359 e. The molecule has 0 bridgehead atoms. The minimum absolute atomic E-state index is 0.352. The number of aromatic amines is 1. The average Bonchev–Trinajstić information content (AvgIpc) is 3.46. The molecule has 0 spiro atoms. The number of urea groups is 1. The third-order valence-corrected chi connectivity index (χ3v) is 6.36. The monoisotopic (exact) mass is 504 g/mol. The van der Waals surface area contributed by atoms with Crippen LogP contribution < -0.4 is 21.3 Å². The number of benzene rings is 2. The molecule has 0 radical (unpaired) electrons. The number of imide groups is 1. The van der Waals surface area contributed by atoms with E-state index in [1.807, 2.05) is 67.6 Å². The van der Waals surface area contributed by atoms with E-state index >= 15 is 0 Å². The molecule has 3 aromatic rings. The number of aliphatic imine (C=N–C) groups is 1. The summed E-state index contributed by atoms with van der Waals surface area (Å²) >= 11 is 1.79. The second-order valence-corrected chi connectivity index (χ2v) is 8.76. The van der Waals surface area contributed by atoms with Crippen LogP contribution >= 0.6 is 11.8 Å². The van der Waals surface area contributed by atoms with Crippen LogP contribution in [0.5, 0.6) is 0 Å². The molecule has 4 rings (SSSR count). The highest BCUT2D eigenvalue weighted by molar-refractivity contribution is 7.98. The molecule has 2 heterocycles. The summed E-state index contributed by atoms with van der Waals surface area (Å²) in [7, 11) is 1.73. The highest BCUT2D eigenvalue weighted by Gasteiger charge is 2.48. The molecule has 1 fully saturated rings. The van der Waals surface area contributed by atoms with E-state index in [-0.39, 0.29) is 5.91 Å². The van der Waals surface area contributed by atoms with E-state index in [9.17, 15) is 9.59 Å². The van der Waals surface area contributed by atoms with Gasteiger partial charge in [-0.25, -0.2) is 9.78 Å². The summed E-state index contributed by atoms with van der Waals surface area (Å²) in [6, 6.07) is 18.0. The zero-order valence-electron chi connectivity index (χ0n) is 20.0. The molecule has 1 saturated heterocycles. The van der Waals surface area contributed by atoms with Crippen molar-refractivity contribution >= 4 is 29.7 Å². The van der Waals surface area contributed by atoms with Crippen LogP contribution in [-0.2, 0) is 16.1 Å². The molecule has 11 heteroatoms. The van der Waals surface area contributed by atoms with Crippen molar-refractivity contribution in [3.05, 3.63) is 89.5 Å². The zero-order chi connectivity index (χ0) is 25.8. The molecule has 3 amide bonds. The Morgan fingerprint density at radius 3 is 2.22 bits per heavy atom. The maximum atomic E-state index is 12.3. The van der Waals surface area contributed by atoms with Crippen molar-refractivity contribution in [2.45, 2.75) is 18.2 Å². The maximum Gasteiger partial charge on any atom is 0.322 e. The molecule has 0 unspecified atom stereocenters. The summed E-state index contributed by atoms with van der Waals surface area (Å²) in [5.41, 5.74) is 2.55. The number of nitriles is 1. The SMILES string of the molecule is CN/C(=N/C#N)NCCSCc1nc[nH]c1C.O=C1NC(=O)C(c2ccccc2)(c2ccccc2)N1. The third-order valence-electron chi connectivity index (χ3n) is 5.39. The van der Waals surface area contributed by atoms with Crippen molar-refractivity contribution in [3.63, 3.8) is 0 Å². The molecule has 10 nitrogen and oxygen atoms in total. The van der Waals surface area contributed by atoms with Gasteiger partial charge in [-0.2, -0.15) is 17.0 Å². The van der Waals surface area contributed by atoms with Gasteiger partial charge in [0.1, 0.15) is 0 Å². The molecule has 1 aromatic heterocycles. The Morgan fingerprint density at radius 2 is 1.75 bits per heavy atom. The Morgan fingerprint density at radius 1 is 1.11 bits per heavy atom. The van der Waals surface area contributed by atoms with Crippen LogP contribution in [0.1, 0.15) is 22.5 Å². The average molecular weight is 505 g/mol. The fourth-order valence-electron chi connectivity index (χ4n) is 3.58. The number of carbonyl (C=O) groups is 2. The van der Waals surface area contributed by atoms with Crippen molar-refractivity contribution < 1.29 is 9.59 Å². The van der Waals surface area contributed by atoms with Crippen LogP contribution in [-0.4, -0.2) is 47.2 Å². The Hall–Kier alpha value is -4.30. The summed E-state index contributed by atoms with van der Waals surface area (Å²) in [6.45, 7) is 2.77. The number of guanidine groups is 1. The Labute approximate surface area is 214 Å². The molecule has 5 N–H and O–H groups in total. The van der Waals surface area contributed by atoms with E-state index in [4.69, 9.17) is 5.26 Å². The number of rotatable bonds is 7. The lowest BCUT2D eigenvalue weighted by Crippen LogP contribution is -2.44. The van der Waals surface area contributed by atoms with Crippen LogP contribution in [0.3, 0.4) is 0 Å². The summed E-state index contributed by atoms with van der Waals surface area (Å²) in [5.74, 6) is 1.97. The third kappa shape index (κ3) is 6.43. The minimum atomic E-state index is -1.14. The predicted octanol–water partition coefficient (Wildman–Crippen LogP) is 2.37. The van der Waals surface area contributed by atoms with Gasteiger partial charge in [0.15, 0.2) is 5.54 Å². The number of nitrogens with one attached hydrogen (secondary N) is 5. The number of thioether (sulfide) groups is 1. The van der Waals surface area contributed by atoms with Crippen LogP contribution in [0, 0.1) is 18.4 Å². The van der Waals surface area contributed by atoms with Crippen LogP contribution in [0.25, 0.3) is 0 Å². The lowest BCUT2D eigenvalue weighted by atomic mass is 9.83. The Balaban J connectivity index is 0.000000202. The number of aromatic nitrogens is 2. The fraction of sp³-hybridized carbons (Fsp3) is 0.240. The van der Waals surface area contributed by atoms with E-state index in [0.29, 0.717) is 5.96 Å². The standard InChI is InChI=1S/C15H12N2O2.C10H16N6S/c18-13-15(17-14(19)16-13,11-7-3-1-4-8-11)12-9-5-2-6-10-12;1-8-9(16-7-15-8)5-17-4-3-13-10(12-2)14-6-11/h1-10H,(H2,16,17,18,19);7H,3-5H2,1-2H3,(H,15,16)(H2,12,13,14). The predicted molar refractivity (Wildman–Crippen MR) is 140 cm³/mol. The van der Waals surface area contributed by atoms with Gasteiger partial charge in [-0.05, 0) is 18.1 Å². The number of carbonyl (C=O) groups excluding carboxylic acids is 2. The van der Waals surface area contributed by atoms with Gasteiger partial charge in [0.2, 0.25) is 12.2 Å². The van der Waals surface area contributed by atoms with Gasteiger partial charge in [0.25, 0.3) is 5.91 Å². The second kappa shape index (κ2) is 13.0. The molecular formula is C25H28N8O2S. The normalized spacial score (nSPS) is 14.1. The summed E-state index contributed by atoms with van der Waals surface area (Å²) < 4.78 is 0. The van der Waals surface area contributed by atoms with E-state index < -0.39 is 11.6 Å². The van der Waals surface area contributed by atoms with Gasteiger partial charge in [0, 0.05) is 30.8 Å². The van der Waals surface area contributed by atoms with Gasteiger partial charge in [-0.15, -0.1) is 4.99 Å². The highest BCUT2D eigenvalue weighted by Crippen LogP contribution is 2.32. The van der Waals surface area contributed by atoms with Crippen molar-refractivity contribution in [1.82, 2.24) is 31.2 Å². The zero-order valence-corrected chi connectivity index (χ0v) is 20.9. The quantitative estimate of drug-likeness (QED) is 0.109. The van der Waals surface area contributed by atoms with E-state index in [0.717, 1.165) is 40.6 Å². The molecule has 1 aliphatic heterocycles. The van der Waals surface area contributed by atoms with Crippen molar-refractivity contribution in [2.24, 2.45) is 4.99 Å². The first-order valence-electron chi connectivity index (χ1n) is 11.2. The van der Waals surface area contributed by atoms with E-state index in [1.165, 1.54) is 0 Å². The summed E-state index contributed by atoms with van der Waals surface area (Å²) in [4.78, 5) is 34.7. The van der Waals surface area contributed by atoms with Crippen molar-refractivity contribution in [1.29, 1.82) is 5.26 Å². The van der Waals surface area contributed by atoms with Crippen LogP contribution in [0.4, 0.5) is 4.79 Å². The van der Waals surface area contributed by atoms with Crippen LogP contribution in [0.2, 0.25) is 0 Å². The fourth-order valence-corrected chi connectivity index (χ4v) is 4.46. The molecule has 0 atom stereocenters. The number of aryl methyl sites for hydroxylation is 1.